The zero-order valence-corrected chi connectivity index (χ0v) is 6.50. The van der Waals surface area contributed by atoms with Crippen molar-refractivity contribution >= 4 is 18.1 Å². The summed E-state index contributed by atoms with van der Waals surface area (Å²) in [6.07, 6.45) is 0. The van der Waals surface area contributed by atoms with Crippen molar-refractivity contribution in [3.8, 4) is 0 Å². The van der Waals surface area contributed by atoms with Gasteiger partial charge in [0.2, 0.25) is 0 Å². The van der Waals surface area contributed by atoms with Gasteiger partial charge in [-0.25, -0.2) is 0 Å². The molecule has 1 aromatic heterocycles. The zero-order valence-electron chi connectivity index (χ0n) is 5.75. The van der Waals surface area contributed by atoms with E-state index in [2.05, 4.69) is 4.74 Å². The smallest absolute Gasteiger partial charge is 0.293 e. The molecule has 0 bridgehead atoms. The molecule has 0 amide bonds. The first-order chi connectivity index (χ1) is 5.36. The van der Waals surface area contributed by atoms with Crippen LogP contribution >= 0.6 is 11.6 Å². The molecule has 1 rings (SSSR count). The van der Waals surface area contributed by atoms with Crippen LogP contribution in [0, 0.1) is 0 Å². The molecule has 0 fully saturated rings. The highest BCUT2D eigenvalue weighted by molar-refractivity contribution is 6.16. The van der Waals surface area contributed by atoms with Crippen LogP contribution in [0.25, 0.3) is 0 Å². The lowest BCUT2D eigenvalue weighted by Crippen LogP contribution is -1.86. The van der Waals surface area contributed by atoms with Gasteiger partial charge in [0.25, 0.3) is 6.47 Å². The van der Waals surface area contributed by atoms with Gasteiger partial charge in [0.1, 0.15) is 18.1 Å². The van der Waals surface area contributed by atoms with E-state index in [1.165, 1.54) is 0 Å². The first-order valence-corrected chi connectivity index (χ1v) is 3.59. The van der Waals surface area contributed by atoms with Crippen molar-refractivity contribution in [2.75, 3.05) is 0 Å². The van der Waals surface area contributed by atoms with E-state index in [1.807, 2.05) is 0 Å². The fourth-order valence-electron chi connectivity index (χ4n) is 0.688. The Morgan fingerprint density at radius 2 is 2.27 bits per heavy atom. The Morgan fingerprint density at radius 1 is 1.55 bits per heavy atom. The van der Waals surface area contributed by atoms with Gasteiger partial charge in [-0.1, -0.05) is 0 Å². The lowest BCUT2D eigenvalue weighted by atomic mass is 10.4. The Balaban J connectivity index is 2.50. The Kier molecular flexibility index (Phi) is 2.98. The molecule has 60 valence electrons. The van der Waals surface area contributed by atoms with E-state index in [4.69, 9.17) is 16.0 Å². The van der Waals surface area contributed by atoms with Crippen molar-refractivity contribution in [1.82, 2.24) is 0 Å². The summed E-state index contributed by atoms with van der Waals surface area (Å²) >= 11 is 5.47. The summed E-state index contributed by atoms with van der Waals surface area (Å²) in [5.41, 5.74) is 0. The van der Waals surface area contributed by atoms with Gasteiger partial charge >= 0.3 is 0 Å². The van der Waals surface area contributed by atoms with Crippen LogP contribution in [0.1, 0.15) is 11.5 Å². The third-order valence-electron chi connectivity index (χ3n) is 1.14. The molecule has 1 aromatic rings. The lowest BCUT2D eigenvalue weighted by Gasteiger charge is -1.92. The molecule has 0 spiro atoms. The minimum atomic E-state index is 0.167. The van der Waals surface area contributed by atoms with E-state index in [0.29, 0.717) is 23.9 Å². The molecule has 0 aliphatic heterocycles. The number of hydrogen-bond donors (Lipinski definition) is 0. The summed E-state index contributed by atoms with van der Waals surface area (Å²) in [5, 5.41) is 0. The Hall–Kier alpha value is -0.960. The van der Waals surface area contributed by atoms with Crippen LogP contribution in [0.15, 0.2) is 16.5 Å². The number of alkyl halides is 1. The maximum atomic E-state index is 9.76. The summed E-state index contributed by atoms with van der Waals surface area (Å²) in [5.74, 6) is 1.62. The van der Waals surface area contributed by atoms with E-state index in [1.54, 1.807) is 12.1 Å². The molecule has 1 heterocycles. The second kappa shape index (κ2) is 4.03. The third kappa shape index (κ3) is 2.27. The highest BCUT2D eigenvalue weighted by Crippen LogP contribution is 2.10. The predicted molar refractivity (Wildman–Crippen MR) is 39.1 cm³/mol. The molecule has 0 unspecified atom stereocenters. The minimum absolute atomic E-state index is 0.167. The van der Waals surface area contributed by atoms with E-state index < -0.39 is 0 Å². The van der Waals surface area contributed by atoms with Crippen LogP contribution in [-0.2, 0) is 22.0 Å². The summed E-state index contributed by atoms with van der Waals surface area (Å²) in [6.45, 7) is 0.545. The molecule has 0 N–H and O–H groups in total. The fraction of sp³-hybridized carbons (Fsp3) is 0.286. The molecule has 4 heteroatoms. The third-order valence-corrected chi connectivity index (χ3v) is 1.41. The number of rotatable bonds is 4. The second-order valence-corrected chi connectivity index (χ2v) is 2.18. The van der Waals surface area contributed by atoms with E-state index in [9.17, 15) is 4.79 Å². The number of carbonyl (C=O) groups excluding carboxylic acids is 1. The molecular weight excluding hydrogens is 168 g/mol. The molecule has 11 heavy (non-hydrogen) atoms. The van der Waals surface area contributed by atoms with Gasteiger partial charge in [-0.15, -0.1) is 11.6 Å². The predicted octanol–water partition coefficient (Wildman–Crippen LogP) is 1.69. The Labute approximate surface area is 68.9 Å². The van der Waals surface area contributed by atoms with Gasteiger partial charge in [-0.2, -0.15) is 0 Å². The van der Waals surface area contributed by atoms with E-state index in [0.717, 1.165) is 0 Å². The van der Waals surface area contributed by atoms with Crippen molar-refractivity contribution in [2.45, 2.75) is 12.5 Å². The SMILES string of the molecule is O=COCc1ccc(CCl)o1. The van der Waals surface area contributed by atoms with Crippen LogP contribution in [0.4, 0.5) is 0 Å². The molecule has 0 radical (unpaired) electrons. The summed E-state index contributed by atoms with van der Waals surface area (Å²) in [6, 6.07) is 3.47. The first kappa shape index (κ1) is 8.14. The number of ether oxygens (including phenoxy) is 1. The maximum Gasteiger partial charge on any atom is 0.293 e. The van der Waals surface area contributed by atoms with Gasteiger partial charge < -0.3 is 9.15 Å². The number of carbonyl (C=O) groups is 1. The monoisotopic (exact) mass is 174 g/mol. The Bertz CT molecular complexity index is 231. The van der Waals surface area contributed by atoms with Gasteiger partial charge in [0.05, 0.1) is 5.88 Å². The van der Waals surface area contributed by atoms with Gasteiger partial charge in [-0.05, 0) is 12.1 Å². The largest absolute Gasteiger partial charge is 0.461 e. The minimum Gasteiger partial charge on any atom is -0.461 e. The van der Waals surface area contributed by atoms with Crippen LogP contribution in [0.2, 0.25) is 0 Å². The normalized spacial score (nSPS) is 9.55. The summed E-state index contributed by atoms with van der Waals surface area (Å²) in [4.78, 5) is 9.76. The van der Waals surface area contributed by atoms with Crippen molar-refractivity contribution in [1.29, 1.82) is 0 Å². The quantitative estimate of drug-likeness (QED) is 0.515. The van der Waals surface area contributed by atoms with Crippen LogP contribution in [0.3, 0.4) is 0 Å². The van der Waals surface area contributed by atoms with Gasteiger partial charge in [-0.3, -0.25) is 4.79 Å². The highest BCUT2D eigenvalue weighted by atomic mass is 35.5. The molecule has 0 saturated carbocycles. The van der Waals surface area contributed by atoms with E-state index in [-0.39, 0.29) is 6.61 Å². The molecule has 0 atom stereocenters. The van der Waals surface area contributed by atoms with Crippen molar-refractivity contribution in [2.24, 2.45) is 0 Å². The molecule has 0 saturated heterocycles. The van der Waals surface area contributed by atoms with Crippen molar-refractivity contribution in [3.63, 3.8) is 0 Å². The standard InChI is InChI=1S/C7H7ClO3/c8-3-6-1-2-7(11-6)4-10-5-9/h1-2,5H,3-4H2. The molecular formula is C7H7ClO3. The lowest BCUT2D eigenvalue weighted by molar-refractivity contribution is -0.130. The van der Waals surface area contributed by atoms with Crippen molar-refractivity contribution in [3.05, 3.63) is 23.7 Å². The first-order valence-electron chi connectivity index (χ1n) is 3.05. The van der Waals surface area contributed by atoms with Crippen LogP contribution in [0.5, 0.6) is 0 Å². The highest BCUT2D eigenvalue weighted by Gasteiger charge is 1.99. The average molecular weight is 175 g/mol. The Morgan fingerprint density at radius 3 is 2.82 bits per heavy atom. The van der Waals surface area contributed by atoms with Gasteiger partial charge in [0.15, 0.2) is 0 Å². The molecule has 0 aromatic carbocycles. The van der Waals surface area contributed by atoms with Crippen LogP contribution < -0.4 is 0 Å². The number of halogens is 1. The van der Waals surface area contributed by atoms with Gasteiger partial charge in [0, 0.05) is 0 Å². The summed E-state index contributed by atoms with van der Waals surface area (Å²) in [7, 11) is 0. The van der Waals surface area contributed by atoms with E-state index >= 15 is 0 Å². The average Bonchev–Trinajstić information content (AvgIpc) is 2.48. The maximum absolute atomic E-state index is 9.76. The number of furan rings is 1. The fourth-order valence-corrected chi connectivity index (χ4v) is 0.832. The summed E-state index contributed by atoms with van der Waals surface area (Å²) < 4.78 is 9.58. The molecule has 3 nitrogen and oxygen atoms in total. The topological polar surface area (TPSA) is 39.4 Å². The van der Waals surface area contributed by atoms with Crippen molar-refractivity contribution < 1.29 is 13.9 Å². The number of hydrogen-bond acceptors (Lipinski definition) is 3. The molecule has 0 aliphatic carbocycles. The second-order valence-electron chi connectivity index (χ2n) is 1.91. The zero-order chi connectivity index (χ0) is 8.10. The van der Waals surface area contributed by atoms with Crippen LogP contribution in [-0.4, -0.2) is 6.47 Å². The molecule has 0 aliphatic rings.